The number of amides is 1. The zero-order chi connectivity index (χ0) is 30.8. The molecule has 222 valence electrons. The van der Waals surface area contributed by atoms with Gasteiger partial charge in [0.25, 0.3) is 11.8 Å². The SMILES string of the molecule is C[C@H](CS(=O)(=O)CC(F)(F)F)NC(=O)c1ccc(/C=C/C(c2cc(Cl)c(Cl)c(Cl)c2)C(C)(F)F)cc1C(F)(F)F. The van der Waals surface area contributed by atoms with Gasteiger partial charge in [-0.1, -0.05) is 53.0 Å². The molecule has 2 rings (SSSR count). The van der Waals surface area contributed by atoms with Crippen molar-refractivity contribution in [3.05, 3.63) is 73.7 Å². The first-order valence-electron chi connectivity index (χ1n) is 11.0. The highest BCUT2D eigenvalue weighted by Crippen LogP contribution is 2.40. The summed E-state index contributed by atoms with van der Waals surface area (Å²) >= 11 is 17.7. The number of carbonyl (C=O) groups is 1. The van der Waals surface area contributed by atoms with Crippen LogP contribution in [-0.2, 0) is 16.0 Å². The maximum Gasteiger partial charge on any atom is 0.417 e. The Labute approximate surface area is 239 Å². The van der Waals surface area contributed by atoms with E-state index in [-0.39, 0.29) is 26.2 Å². The van der Waals surface area contributed by atoms with Gasteiger partial charge < -0.3 is 5.32 Å². The van der Waals surface area contributed by atoms with Crippen LogP contribution in [0.4, 0.5) is 35.1 Å². The third-order valence-electron chi connectivity index (χ3n) is 5.25. The van der Waals surface area contributed by atoms with E-state index in [0.29, 0.717) is 13.0 Å². The average molecular weight is 661 g/mol. The molecule has 0 saturated carbocycles. The molecule has 0 radical (unpaired) electrons. The van der Waals surface area contributed by atoms with Gasteiger partial charge in [-0.3, -0.25) is 4.79 Å². The first-order valence-corrected chi connectivity index (χ1v) is 14.0. The Morgan fingerprint density at radius 1 is 0.975 bits per heavy atom. The first-order chi connectivity index (χ1) is 18.0. The minimum absolute atomic E-state index is 0.0785. The topological polar surface area (TPSA) is 63.2 Å². The standard InChI is InChI=1S/C24H20Cl3F8NO3S/c1-12(10-40(38,39)11-23(30,31)32)36-21(37)15-5-3-13(7-17(15)24(33,34)35)4-6-16(22(2,28)29)14-8-18(25)20(27)19(26)9-14/h3-9,12,16H,10-11H2,1-2H3,(H,36,37)/b6-4+/t12-,16?/m1/s1. The second kappa shape index (κ2) is 12.4. The summed E-state index contributed by atoms with van der Waals surface area (Å²) in [5, 5.41) is 1.61. The lowest BCUT2D eigenvalue weighted by atomic mass is 9.92. The summed E-state index contributed by atoms with van der Waals surface area (Å²) in [4.78, 5) is 12.5. The molecule has 4 nitrogen and oxygen atoms in total. The maximum absolute atomic E-state index is 14.4. The van der Waals surface area contributed by atoms with Crippen LogP contribution in [0.15, 0.2) is 36.4 Å². The van der Waals surface area contributed by atoms with Crippen LogP contribution in [0, 0.1) is 0 Å². The number of sulfone groups is 1. The van der Waals surface area contributed by atoms with Crippen molar-refractivity contribution < 1.29 is 48.3 Å². The number of rotatable bonds is 9. The molecule has 16 heteroatoms. The van der Waals surface area contributed by atoms with Crippen LogP contribution in [0.3, 0.4) is 0 Å². The minimum atomic E-state index is -5.12. The molecule has 0 heterocycles. The minimum Gasteiger partial charge on any atom is -0.349 e. The van der Waals surface area contributed by atoms with Crippen molar-refractivity contribution in [3.63, 3.8) is 0 Å². The van der Waals surface area contributed by atoms with Gasteiger partial charge in [0.1, 0.15) is 5.75 Å². The Bertz CT molecular complexity index is 1360. The van der Waals surface area contributed by atoms with Crippen LogP contribution < -0.4 is 5.32 Å². The van der Waals surface area contributed by atoms with Gasteiger partial charge in [0.15, 0.2) is 9.84 Å². The molecule has 0 fully saturated rings. The quantitative estimate of drug-likeness (QED) is 0.218. The molecule has 1 amide bonds. The zero-order valence-electron chi connectivity index (χ0n) is 20.4. The Morgan fingerprint density at radius 2 is 1.52 bits per heavy atom. The predicted molar refractivity (Wildman–Crippen MR) is 137 cm³/mol. The van der Waals surface area contributed by atoms with Crippen molar-refractivity contribution in [2.24, 2.45) is 0 Å². The summed E-state index contributed by atoms with van der Waals surface area (Å²) in [6, 6.07) is 3.04. The third-order valence-corrected chi connectivity index (χ3v) is 8.22. The number of benzene rings is 2. The molecular weight excluding hydrogens is 641 g/mol. The van der Waals surface area contributed by atoms with Crippen molar-refractivity contribution in [2.75, 3.05) is 11.5 Å². The highest BCUT2D eigenvalue weighted by Gasteiger charge is 2.38. The predicted octanol–water partition coefficient (Wildman–Crippen LogP) is 8.21. The number of carbonyl (C=O) groups excluding carboxylic acids is 1. The van der Waals surface area contributed by atoms with Crippen LogP contribution in [0.1, 0.15) is 46.8 Å². The second-order valence-electron chi connectivity index (χ2n) is 8.94. The van der Waals surface area contributed by atoms with E-state index < -0.39 is 68.6 Å². The number of nitrogens with one attached hydrogen (secondary N) is 1. The number of alkyl halides is 8. The zero-order valence-corrected chi connectivity index (χ0v) is 23.5. The summed E-state index contributed by atoms with van der Waals surface area (Å²) in [5.74, 6) is -9.86. The molecule has 2 atom stereocenters. The Morgan fingerprint density at radius 3 is 2.00 bits per heavy atom. The molecule has 0 aromatic heterocycles. The van der Waals surface area contributed by atoms with E-state index in [4.69, 9.17) is 34.8 Å². The van der Waals surface area contributed by atoms with Gasteiger partial charge in [0, 0.05) is 13.0 Å². The van der Waals surface area contributed by atoms with Gasteiger partial charge in [-0.2, -0.15) is 26.3 Å². The molecule has 1 N–H and O–H groups in total. The fourth-order valence-electron chi connectivity index (χ4n) is 3.67. The fourth-order valence-corrected chi connectivity index (χ4v) is 5.74. The Hall–Kier alpha value is -2.09. The van der Waals surface area contributed by atoms with Gasteiger partial charge >= 0.3 is 12.4 Å². The van der Waals surface area contributed by atoms with E-state index >= 15 is 0 Å². The van der Waals surface area contributed by atoms with E-state index in [1.807, 2.05) is 5.32 Å². The maximum atomic E-state index is 14.4. The molecule has 0 spiro atoms. The van der Waals surface area contributed by atoms with Crippen LogP contribution in [-0.4, -0.2) is 44.0 Å². The monoisotopic (exact) mass is 659 g/mol. The van der Waals surface area contributed by atoms with Gasteiger partial charge in [0.2, 0.25) is 0 Å². The smallest absolute Gasteiger partial charge is 0.349 e. The first kappa shape index (κ1) is 34.1. The van der Waals surface area contributed by atoms with Crippen molar-refractivity contribution in [1.29, 1.82) is 0 Å². The average Bonchev–Trinajstić information content (AvgIpc) is 2.73. The fraction of sp³-hybridized carbons (Fsp3) is 0.375. The number of allylic oxidation sites excluding steroid dienone is 1. The molecule has 0 aliphatic rings. The molecule has 40 heavy (non-hydrogen) atoms. The second-order valence-corrected chi connectivity index (χ2v) is 12.2. The van der Waals surface area contributed by atoms with E-state index in [2.05, 4.69) is 0 Å². The summed E-state index contributed by atoms with van der Waals surface area (Å²) < 4.78 is 131. The number of halogens is 11. The summed E-state index contributed by atoms with van der Waals surface area (Å²) in [6.07, 6.45) is -8.28. The largest absolute Gasteiger partial charge is 0.417 e. The van der Waals surface area contributed by atoms with Crippen molar-refractivity contribution in [1.82, 2.24) is 5.32 Å². The Kier molecular flexibility index (Phi) is 10.6. The lowest BCUT2D eigenvalue weighted by Gasteiger charge is -2.22. The molecular formula is C24H20Cl3F8NO3S. The van der Waals surface area contributed by atoms with Gasteiger partial charge in [-0.15, -0.1) is 0 Å². The summed E-state index contributed by atoms with van der Waals surface area (Å²) in [7, 11) is -4.73. The van der Waals surface area contributed by atoms with Gasteiger partial charge in [0.05, 0.1) is 37.9 Å². The van der Waals surface area contributed by atoms with E-state index in [9.17, 15) is 48.3 Å². The number of hydrogen-bond acceptors (Lipinski definition) is 3. The van der Waals surface area contributed by atoms with Gasteiger partial charge in [-0.25, -0.2) is 17.2 Å². The van der Waals surface area contributed by atoms with Crippen molar-refractivity contribution in [3.8, 4) is 0 Å². The molecule has 0 saturated heterocycles. The van der Waals surface area contributed by atoms with Crippen molar-refractivity contribution in [2.45, 2.75) is 44.1 Å². The van der Waals surface area contributed by atoms with Gasteiger partial charge in [-0.05, 0) is 42.3 Å². The Balaban J connectivity index is 2.39. The molecule has 0 aliphatic carbocycles. The molecule has 0 aliphatic heterocycles. The summed E-state index contributed by atoms with van der Waals surface area (Å²) in [5.41, 5.74) is -2.76. The lowest BCUT2D eigenvalue weighted by molar-refractivity contribution is -0.138. The normalized spacial score (nSPS) is 14.8. The summed E-state index contributed by atoms with van der Waals surface area (Å²) in [6.45, 7) is 1.58. The van der Waals surface area contributed by atoms with E-state index in [1.54, 1.807) is 0 Å². The molecule has 0 bridgehead atoms. The highest BCUT2D eigenvalue weighted by atomic mass is 35.5. The highest BCUT2D eigenvalue weighted by molar-refractivity contribution is 7.91. The molecule has 2 aromatic carbocycles. The van der Waals surface area contributed by atoms with Crippen LogP contribution >= 0.6 is 34.8 Å². The molecule has 2 aromatic rings. The molecule has 1 unspecified atom stereocenters. The van der Waals surface area contributed by atoms with E-state index in [1.165, 1.54) is 0 Å². The lowest BCUT2D eigenvalue weighted by Crippen LogP contribution is -2.40. The van der Waals surface area contributed by atoms with Crippen molar-refractivity contribution >= 4 is 56.6 Å². The number of hydrogen-bond donors (Lipinski definition) is 1. The van der Waals surface area contributed by atoms with E-state index in [0.717, 1.165) is 43.3 Å². The van der Waals surface area contributed by atoms with Crippen LogP contribution in [0.2, 0.25) is 15.1 Å². The van der Waals surface area contributed by atoms with Crippen LogP contribution in [0.25, 0.3) is 6.08 Å². The third kappa shape index (κ3) is 9.78. The van der Waals surface area contributed by atoms with Crippen LogP contribution in [0.5, 0.6) is 0 Å².